The molecule has 0 aromatic heterocycles. The number of carboxylic acids is 1. The molecule has 0 bridgehead atoms. The molecule has 1 aromatic rings. The standard InChI is InChI=1S/C16H26N2O2/c1-4-5-6-9-16(2,3)11-18-14-10-12(15(19)20)7-8-13(14)17/h7-8,10,18H,4-6,9,11,17H2,1-3H3,(H,19,20). The van der Waals surface area contributed by atoms with Crippen LogP contribution < -0.4 is 11.1 Å². The van der Waals surface area contributed by atoms with Crippen molar-refractivity contribution in [1.29, 1.82) is 0 Å². The Balaban J connectivity index is 2.64. The van der Waals surface area contributed by atoms with Gasteiger partial charge in [-0.3, -0.25) is 0 Å². The number of nitrogens with two attached hydrogens (primary N) is 1. The lowest BCUT2D eigenvalue weighted by Gasteiger charge is -2.26. The molecule has 0 saturated heterocycles. The fourth-order valence-electron chi connectivity index (χ4n) is 2.12. The Hall–Kier alpha value is -1.71. The van der Waals surface area contributed by atoms with Gasteiger partial charge in [0.2, 0.25) is 0 Å². The van der Waals surface area contributed by atoms with Crippen molar-refractivity contribution in [2.45, 2.75) is 46.5 Å². The van der Waals surface area contributed by atoms with Gasteiger partial charge in [-0.1, -0.05) is 40.0 Å². The van der Waals surface area contributed by atoms with Crippen molar-refractivity contribution in [2.24, 2.45) is 5.41 Å². The Morgan fingerprint density at radius 3 is 2.65 bits per heavy atom. The minimum atomic E-state index is -0.935. The van der Waals surface area contributed by atoms with E-state index in [2.05, 4.69) is 26.1 Å². The van der Waals surface area contributed by atoms with Gasteiger partial charge in [-0.05, 0) is 30.0 Å². The Kier molecular flexibility index (Phi) is 5.86. The molecular formula is C16H26N2O2. The zero-order valence-electron chi connectivity index (χ0n) is 12.7. The third-order valence-electron chi connectivity index (χ3n) is 3.51. The van der Waals surface area contributed by atoms with Crippen LogP contribution in [0.5, 0.6) is 0 Å². The molecule has 0 fully saturated rings. The molecule has 0 amide bonds. The van der Waals surface area contributed by atoms with E-state index in [1.807, 2.05) is 0 Å². The lowest BCUT2D eigenvalue weighted by Crippen LogP contribution is -2.23. The predicted molar refractivity (Wildman–Crippen MR) is 84.2 cm³/mol. The van der Waals surface area contributed by atoms with Crippen molar-refractivity contribution in [3.05, 3.63) is 23.8 Å². The minimum absolute atomic E-state index is 0.167. The number of carbonyl (C=O) groups is 1. The van der Waals surface area contributed by atoms with Gasteiger partial charge in [0.25, 0.3) is 0 Å². The first-order chi connectivity index (χ1) is 9.35. The van der Waals surface area contributed by atoms with Crippen molar-refractivity contribution in [3.8, 4) is 0 Å². The van der Waals surface area contributed by atoms with Gasteiger partial charge < -0.3 is 16.2 Å². The minimum Gasteiger partial charge on any atom is -0.478 e. The second-order valence-electron chi connectivity index (χ2n) is 6.08. The second-order valence-corrected chi connectivity index (χ2v) is 6.08. The van der Waals surface area contributed by atoms with E-state index in [0.717, 1.165) is 13.0 Å². The Bertz CT molecular complexity index is 456. The zero-order chi connectivity index (χ0) is 15.2. The molecule has 0 aliphatic heterocycles. The lowest BCUT2D eigenvalue weighted by molar-refractivity contribution is 0.0697. The van der Waals surface area contributed by atoms with E-state index in [-0.39, 0.29) is 11.0 Å². The summed E-state index contributed by atoms with van der Waals surface area (Å²) in [6.45, 7) is 7.41. The number of nitrogens with one attached hydrogen (secondary N) is 1. The van der Waals surface area contributed by atoms with Gasteiger partial charge >= 0.3 is 5.97 Å². The van der Waals surface area contributed by atoms with Crippen LogP contribution in [-0.2, 0) is 0 Å². The molecule has 1 rings (SSSR count). The highest BCUT2D eigenvalue weighted by Gasteiger charge is 2.17. The monoisotopic (exact) mass is 278 g/mol. The summed E-state index contributed by atoms with van der Waals surface area (Å²) in [5.74, 6) is -0.935. The van der Waals surface area contributed by atoms with Crippen molar-refractivity contribution >= 4 is 17.3 Å². The number of nitrogen functional groups attached to an aromatic ring is 1. The van der Waals surface area contributed by atoms with Crippen LogP contribution in [0.15, 0.2) is 18.2 Å². The molecule has 112 valence electrons. The summed E-state index contributed by atoms with van der Waals surface area (Å²) in [4.78, 5) is 11.0. The smallest absolute Gasteiger partial charge is 0.335 e. The topological polar surface area (TPSA) is 75.3 Å². The van der Waals surface area contributed by atoms with Crippen LogP contribution in [0.25, 0.3) is 0 Å². The molecule has 4 nitrogen and oxygen atoms in total. The van der Waals surface area contributed by atoms with Gasteiger partial charge in [-0.2, -0.15) is 0 Å². The number of hydrogen-bond acceptors (Lipinski definition) is 3. The lowest BCUT2D eigenvalue weighted by atomic mass is 9.87. The maximum Gasteiger partial charge on any atom is 0.335 e. The average Bonchev–Trinajstić information content (AvgIpc) is 2.37. The number of rotatable bonds is 8. The number of aromatic carboxylic acids is 1. The van der Waals surface area contributed by atoms with Crippen molar-refractivity contribution < 1.29 is 9.90 Å². The molecule has 0 saturated carbocycles. The van der Waals surface area contributed by atoms with Crippen molar-refractivity contribution in [1.82, 2.24) is 0 Å². The number of hydrogen-bond donors (Lipinski definition) is 3. The normalized spacial score (nSPS) is 11.3. The fraction of sp³-hybridized carbons (Fsp3) is 0.562. The third-order valence-corrected chi connectivity index (χ3v) is 3.51. The highest BCUT2D eigenvalue weighted by molar-refractivity contribution is 5.90. The molecule has 4 N–H and O–H groups in total. The van der Waals surface area contributed by atoms with Crippen LogP contribution in [-0.4, -0.2) is 17.6 Å². The number of anilines is 2. The van der Waals surface area contributed by atoms with Gasteiger partial charge in [0.15, 0.2) is 0 Å². The van der Waals surface area contributed by atoms with Gasteiger partial charge in [-0.15, -0.1) is 0 Å². The van der Waals surface area contributed by atoms with Crippen LogP contribution in [0.3, 0.4) is 0 Å². The summed E-state index contributed by atoms with van der Waals surface area (Å²) in [6.07, 6.45) is 4.83. The number of benzene rings is 1. The predicted octanol–water partition coefficient (Wildman–Crippen LogP) is 3.99. The van der Waals surface area contributed by atoms with E-state index in [1.165, 1.54) is 25.3 Å². The number of unbranched alkanes of at least 4 members (excludes halogenated alkanes) is 2. The van der Waals surface area contributed by atoms with E-state index < -0.39 is 5.97 Å². The SMILES string of the molecule is CCCCCC(C)(C)CNc1cc(C(=O)O)ccc1N. The zero-order valence-corrected chi connectivity index (χ0v) is 12.7. The first kappa shape index (κ1) is 16.3. The maximum absolute atomic E-state index is 11.0. The first-order valence-electron chi connectivity index (χ1n) is 7.22. The highest BCUT2D eigenvalue weighted by atomic mass is 16.4. The van der Waals surface area contributed by atoms with Gasteiger partial charge in [-0.25, -0.2) is 4.79 Å². The van der Waals surface area contributed by atoms with E-state index >= 15 is 0 Å². The average molecular weight is 278 g/mol. The molecule has 1 aromatic carbocycles. The summed E-state index contributed by atoms with van der Waals surface area (Å²) in [5.41, 5.74) is 7.59. The quantitative estimate of drug-likeness (QED) is 0.496. The van der Waals surface area contributed by atoms with E-state index in [4.69, 9.17) is 10.8 Å². The maximum atomic E-state index is 11.0. The number of carboxylic acid groups (broad SMARTS) is 1. The van der Waals surface area contributed by atoms with Gasteiger partial charge in [0.05, 0.1) is 16.9 Å². The first-order valence-corrected chi connectivity index (χ1v) is 7.22. The molecule has 0 atom stereocenters. The molecule has 0 unspecified atom stereocenters. The van der Waals surface area contributed by atoms with E-state index in [1.54, 1.807) is 12.1 Å². The van der Waals surface area contributed by atoms with Gasteiger partial charge in [0.1, 0.15) is 0 Å². The highest BCUT2D eigenvalue weighted by Crippen LogP contribution is 2.26. The Labute approximate surface area is 121 Å². The van der Waals surface area contributed by atoms with Crippen molar-refractivity contribution in [2.75, 3.05) is 17.6 Å². The summed E-state index contributed by atoms with van der Waals surface area (Å²) in [5, 5.41) is 12.3. The Morgan fingerprint density at radius 1 is 1.35 bits per heavy atom. The van der Waals surface area contributed by atoms with Gasteiger partial charge in [0, 0.05) is 6.54 Å². The van der Waals surface area contributed by atoms with Crippen molar-refractivity contribution in [3.63, 3.8) is 0 Å². The Morgan fingerprint density at radius 2 is 2.05 bits per heavy atom. The molecule has 0 aliphatic carbocycles. The molecule has 0 radical (unpaired) electrons. The molecule has 4 heteroatoms. The largest absolute Gasteiger partial charge is 0.478 e. The van der Waals surface area contributed by atoms with Crippen LogP contribution in [0, 0.1) is 5.41 Å². The van der Waals surface area contributed by atoms with E-state index in [9.17, 15) is 4.79 Å². The molecule has 20 heavy (non-hydrogen) atoms. The molecular weight excluding hydrogens is 252 g/mol. The molecule has 0 aliphatic rings. The fourth-order valence-corrected chi connectivity index (χ4v) is 2.12. The van der Waals surface area contributed by atoms with E-state index in [0.29, 0.717) is 11.4 Å². The molecule has 0 spiro atoms. The third kappa shape index (κ3) is 5.11. The van der Waals surface area contributed by atoms with Crippen LogP contribution >= 0.6 is 0 Å². The second kappa shape index (κ2) is 7.17. The summed E-state index contributed by atoms with van der Waals surface area (Å²) in [6, 6.07) is 4.75. The summed E-state index contributed by atoms with van der Waals surface area (Å²) < 4.78 is 0. The molecule has 0 heterocycles. The summed E-state index contributed by atoms with van der Waals surface area (Å²) in [7, 11) is 0. The van der Waals surface area contributed by atoms with Crippen LogP contribution in [0.1, 0.15) is 56.8 Å². The van der Waals surface area contributed by atoms with Crippen LogP contribution in [0.4, 0.5) is 11.4 Å². The van der Waals surface area contributed by atoms with Crippen LogP contribution in [0.2, 0.25) is 0 Å². The summed E-state index contributed by atoms with van der Waals surface area (Å²) >= 11 is 0.